The third-order valence-electron chi connectivity index (χ3n) is 5.83. The summed E-state index contributed by atoms with van der Waals surface area (Å²) in [6, 6.07) is 10.8. The molecule has 4 aliphatic heterocycles. The van der Waals surface area contributed by atoms with Crippen molar-refractivity contribution in [2.24, 2.45) is 10.8 Å². The van der Waals surface area contributed by atoms with Crippen molar-refractivity contribution >= 4 is 5.78 Å². The molecule has 3 nitrogen and oxygen atoms in total. The average Bonchev–Trinajstić information content (AvgIpc) is 2.40. The summed E-state index contributed by atoms with van der Waals surface area (Å²) in [4.78, 5) is 16.0. The van der Waals surface area contributed by atoms with E-state index >= 15 is 0 Å². The van der Waals surface area contributed by atoms with Crippen LogP contribution in [0.3, 0.4) is 0 Å². The summed E-state index contributed by atoms with van der Waals surface area (Å²) in [5.41, 5.74) is 1.30. The lowest BCUT2D eigenvalue weighted by Crippen LogP contribution is -3.45. The first-order valence-corrected chi connectivity index (χ1v) is 7.78. The van der Waals surface area contributed by atoms with Crippen LogP contribution in [-0.4, -0.2) is 38.1 Å². The first kappa shape index (κ1) is 12.5. The normalized spacial score (nSPS) is 45.9. The molecule has 20 heavy (non-hydrogen) atoms. The first-order valence-electron chi connectivity index (χ1n) is 7.78. The molecule has 4 fully saturated rings. The van der Waals surface area contributed by atoms with E-state index in [1.54, 1.807) is 9.80 Å². The highest BCUT2D eigenvalue weighted by Gasteiger charge is 2.67. The molecule has 0 atom stereocenters. The molecule has 1 aromatic carbocycles. The number of hydrogen-bond acceptors (Lipinski definition) is 1. The van der Waals surface area contributed by atoms with Crippen molar-refractivity contribution in [1.82, 2.24) is 0 Å². The maximum Gasteiger partial charge on any atom is 0.217 e. The molecule has 0 spiro atoms. The molecule has 3 heteroatoms. The monoisotopic (exact) mass is 272 g/mol. The molecule has 2 N–H and O–H groups in total. The fourth-order valence-electron chi connectivity index (χ4n) is 5.22. The molecule has 0 amide bonds. The van der Waals surface area contributed by atoms with Crippen LogP contribution in [0.25, 0.3) is 0 Å². The van der Waals surface area contributed by atoms with Gasteiger partial charge in [0.25, 0.3) is 0 Å². The molecule has 4 saturated heterocycles. The lowest BCUT2D eigenvalue weighted by molar-refractivity contribution is -1.17. The lowest BCUT2D eigenvalue weighted by Gasteiger charge is -2.59. The zero-order chi connectivity index (χ0) is 14.0. The van der Waals surface area contributed by atoms with Crippen LogP contribution in [-0.2, 0) is 11.2 Å². The van der Waals surface area contributed by atoms with Crippen LogP contribution in [0.2, 0.25) is 0 Å². The van der Waals surface area contributed by atoms with E-state index in [1.165, 1.54) is 5.56 Å². The van der Waals surface area contributed by atoms with Crippen LogP contribution in [0.15, 0.2) is 30.3 Å². The van der Waals surface area contributed by atoms with Gasteiger partial charge in [-0.2, -0.15) is 0 Å². The number of benzene rings is 1. The Morgan fingerprint density at radius 1 is 1.00 bits per heavy atom. The van der Waals surface area contributed by atoms with E-state index in [4.69, 9.17) is 0 Å². The molecule has 1 aromatic rings. The standard InChI is InChI=1S/C17H22N2O/c1-16-9-18-11-17(2,15(16)20)12-19(10-16)14(18)8-13-6-4-3-5-7-13/h3-7,14H,8-12H2,1-2H3/p+2. The number of nitrogens with one attached hydrogen (secondary N) is 2. The smallest absolute Gasteiger partial charge is 0.217 e. The van der Waals surface area contributed by atoms with Crippen LogP contribution in [0.4, 0.5) is 0 Å². The highest BCUT2D eigenvalue weighted by atomic mass is 16.1. The summed E-state index contributed by atoms with van der Waals surface area (Å²) in [5, 5.41) is 0. The molecule has 0 radical (unpaired) electrons. The number of Topliss-reactive ketones (excluding diaryl/α,β-unsaturated/α-hetero) is 1. The number of piperidine rings is 2. The Morgan fingerprint density at radius 3 is 2.00 bits per heavy atom. The second kappa shape index (κ2) is 3.92. The quantitative estimate of drug-likeness (QED) is 0.706. The van der Waals surface area contributed by atoms with Gasteiger partial charge in [-0.15, -0.1) is 0 Å². The summed E-state index contributed by atoms with van der Waals surface area (Å²) < 4.78 is 0. The minimum Gasteiger partial charge on any atom is -0.297 e. The molecule has 0 saturated carbocycles. The van der Waals surface area contributed by atoms with Crippen molar-refractivity contribution in [3.63, 3.8) is 0 Å². The Labute approximate surface area is 120 Å². The minimum atomic E-state index is -0.0664. The molecule has 106 valence electrons. The van der Waals surface area contributed by atoms with E-state index < -0.39 is 0 Å². The van der Waals surface area contributed by atoms with E-state index in [-0.39, 0.29) is 10.8 Å². The Kier molecular flexibility index (Phi) is 2.46. The molecule has 5 rings (SSSR count). The maximum absolute atomic E-state index is 12.7. The summed E-state index contributed by atoms with van der Waals surface area (Å²) in [6.07, 6.45) is 1.79. The third-order valence-corrected chi connectivity index (χ3v) is 5.83. The predicted molar refractivity (Wildman–Crippen MR) is 76.5 cm³/mol. The summed E-state index contributed by atoms with van der Waals surface area (Å²) in [6.45, 7) is 8.57. The highest BCUT2D eigenvalue weighted by molar-refractivity contribution is 5.91. The molecule has 4 heterocycles. The SMILES string of the molecule is CC12C[NH+]3CC(C)(C[NH+](C1)C3Cc1ccccc1)C2=O. The van der Waals surface area contributed by atoms with Crippen molar-refractivity contribution in [2.75, 3.05) is 26.2 Å². The molecule has 0 aliphatic carbocycles. The van der Waals surface area contributed by atoms with Crippen LogP contribution in [0.1, 0.15) is 19.4 Å². The average molecular weight is 272 g/mol. The van der Waals surface area contributed by atoms with Gasteiger partial charge in [0, 0.05) is 0 Å². The Morgan fingerprint density at radius 2 is 1.50 bits per heavy atom. The Hall–Kier alpha value is -1.19. The summed E-state index contributed by atoms with van der Waals surface area (Å²) in [5.74, 6) is 0.538. The second-order valence-electron chi connectivity index (χ2n) is 7.72. The van der Waals surface area contributed by atoms with Gasteiger partial charge < -0.3 is 0 Å². The van der Waals surface area contributed by atoms with Gasteiger partial charge in [-0.05, 0) is 19.4 Å². The largest absolute Gasteiger partial charge is 0.297 e. The predicted octanol–water partition coefficient (Wildman–Crippen LogP) is -1.05. The van der Waals surface area contributed by atoms with Gasteiger partial charge in [0.1, 0.15) is 10.8 Å². The van der Waals surface area contributed by atoms with Crippen LogP contribution in [0.5, 0.6) is 0 Å². The van der Waals surface area contributed by atoms with Gasteiger partial charge in [-0.3, -0.25) is 14.6 Å². The molecule has 4 bridgehead atoms. The fraction of sp³-hybridized carbons (Fsp3) is 0.588. The van der Waals surface area contributed by atoms with Gasteiger partial charge in [0.05, 0.1) is 32.6 Å². The fourth-order valence-corrected chi connectivity index (χ4v) is 5.22. The summed E-state index contributed by atoms with van der Waals surface area (Å²) >= 11 is 0. The lowest BCUT2D eigenvalue weighted by atomic mass is 9.62. The number of rotatable bonds is 2. The molecular formula is C17H24N2O+2. The van der Waals surface area contributed by atoms with Gasteiger partial charge in [0.15, 0.2) is 5.78 Å². The number of hydrogen-bond donors (Lipinski definition) is 2. The topological polar surface area (TPSA) is 26.0 Å². The van der Waals surface area contributed by atoms with Crippen molar-refractivity contribution < 1.29 is 14.6 Å². The van der Waals surface area contributed by atoms with Crippen molar-refractivity contribution in [3.05, 3.63) is 35.9 Å². The number of carbonyl (C=O) groups is 1. The summed E-state index contributed by atoms with van der Waals surface area (Å²) in [7, 11) is 0. The van der Waals surface area contributed by atoms with E-state index in [0.717, 1.165) is 32.6 Å². The number of carbonyl (C=O) groups excluding carboxylic acids is 1. The molecule has 0 aromatic heterocycles. The van der Waals surface area contributed by atoms with E-state index in [9.17, 15) is 4.79 Å². The van der Waals surface area contributed by atoms with Crippen molar-refractivity contribution in [3.8, 4) is 0 Å². The van der Waals surface area contributed by atoms with Gasteiger partial charge in [-0.1, -0.05) is 30.3 Å². The molecule has 4 aliphatic rings. The van der Waals surface area contributed by atoms with E-state index in [0.29, 0.717) is 11.9 Å². The number of quaternary nitrogens is 2. The van der Waals surface area contributed by atoms with Gasteiger partial charge >= 0.3 is 0 Å². The Bertz CT molecular complexity index is 513. The van der Waals surface area contributed by atoms with Crippen molar-refractivity contribution in [1.29, 1.82) is 0 Å². The first-order chi connectivity index (χ1) is 9.50. The van der Waals surface area contributed by atoms with Gasteiger partial charge in [0.2, 0.25) is 6.17 Å². The van der Waals surface area contributed by atoms with Crippen molar-refractivity contribution in [2.45, 2.75) is 26.4 Å². The van der Waals surface area contributed by atoms with Crippen LogP contribution in [0, 0.1) is 10.8 Å². The van der Waals surface area contributed by atoms with Gasteiger partial charge in [-0.25, -0.2) is 0 Å². The molecular weight excluding hydrogens is 248 g/mol. The van der Waals surface area contributed by atoms with E-state index in [1.807, 2.05) is 0 Å². The zero-order valence-electron chi connectivity index (χ0n) is 12.4. The zero-order valence-corrected chi connectivity index (χ0v) is 12.4. The second-order valence-corrected chi connectivity index (χ2v) is 7.72. The van der Waals surface area contributed by atoms with Crippen LogP contribution >= 0.6 is 0 Å². The minimum absolute atomic E-state index is 0.0664. The van der Waals surface area contributed by atoms with E-state index in [2.05, 4.69) is 44.2 Å². The van der Waals surface area contributed by atoms with Crippen LogP contribution < -0.4 is 9.80 Å². The number of ketones is 1. The molecule has 0 unspecified atom stereocenters. The highest BCUT2D eigenvalue weighted by Crippen LogP contribution is 2.34. The third kappa shape index (κ3) is 1.63. The maximum atomic E-state index is 12.7. The Balaban J connectivity index is 1.63.